The quantitative estimate of drug-likeness (QED) is 0.915. The fraction of sp³-hybridized carbons (Fsp3) is 0.400. The van der Waals surface area contributed by atoms with Crippen LogP contribution < -0.4 is 10.5 Å². The number of benzene rings is 1. The fourth-order valence-electron chi connectivity index (χ4n) is 3.67. The highest BCUT2D eigenvalue weighted by Gasteiger charge is 2.29. The summed E-state index contributed by atoms with van der Waals surface area (Å²) in [4.78, 5) is 26.3. The van der Waals surface area contributed by atoms with E-state index in [1.54, 1.807) is 12.0 Å². The molecule has 0 saturated carbocycles. The standard InChI is InChI=1S/C20H25N3O3/c1-13-11-18(20(25)22-10-4-5-15(12-22)19(21)24)14(2)23(13)16-6-8-17(26-3)9-7-16/h6-9,11,15H,4-5,10,12H2,1-3H3,(H2,21,24). The van der Waals surface area contributed by atoms with Crippen molar-refractivity contribution >= 4 is 11.8 Å². The van der Waals surface area contributed by atoms with E-state index >= 15 is 0 Å². The zero-order valence-electron chi connectivity index (χ0n) is 15.5. The van der Waals surface area contributed by atoms with Crippen LogP contribution >= 0.6 is 0 Å². The Kier molecular flexibility index (Phi) is 5.02. The Labute approximate surface area is 153 Å². The molecule has 0 spiro atoms. The molecule has 6 nitrogen and oxygen atoms in total. The number of piperidine rings is 1. The van der Waals surface area contributed by atoms with Gasteiger partial charge in [-0.15, -0.1) is 0 Å². The van der Waals surface area contributed by atoms with Crippen LogP contribution in [0.1, 0.15) is 34.6 Å². The third kappa shape index (κ3) is 3.31. The summed E-state index contributed by atoms with van der Waals surface area (Å²) in [5.74, 6) is 0.172. The van der Waals surface area contributed by atoms with Gasteiger partial charge in [-0.25, -0.2) is 0 Å². The van der Waals surface area contributed by atoms with Gasteiger partial charge in [-0.1, -0.05) is 0 Å². The normalized spacial score (nSPS) is 17.2. The van der Waals surface area contributed by atoms with Crippen molar-refractivity contribution in [1.29, 1.82) is 0 Å². The topological polar surface area (TPSA) is 77.6 Å². The van der Waals surface area contributed by atoms with E-state index in [1.807, 2.05) is 44.2 Å². The maximum absolute atomic E-state index is 13.0. The van der Waals surface area contributed by atoms with E-state index in [4.69, 9.17) is 10.5 Å². The molecular weight excluding hydrogens is 330 g/mol. The summed E-state index contributed by atoms with van der Waals surface area (Å²) in [7, 11) is 1.63. The Bertz CT molecular complexity index is 824. The second kappa shape index (κ2) is 7.23. The summed E-state index contributed by atoms with van der Waals surface area (Å²) in [6.45, 7) is 4.99. The number of hydrogen-bond donors (Lipinski definition) is 1. The van der Waals surface area contributed by atoms with E-state index in [9.17, 15) is 9.59 Å². The molecule has 0 aliphatic carbocycles. The van der Waals surface area contributed by atoms with Crippen molar-refractivity contribution in [2.24, 2.45) is 11.7 Å². The van der Waals surface area contributed by atoms with Gasteiger partial charge in [0.2, 0.25) is 5.91 Å². The number of aryl methyl sites for hydroxylation is 1. The molecule has 1 aliphatic rings. The smallest absolute Gasteiger partial charge is 0.255 e. The second-order valence-electron chi connectivity index (χ2n) is 6.81. The van der Waals surface area contributed by atoms with Crippen molar-refractivity contribution < 1.29 is 14.3 Å². The average Bonchev–Trinajstić information content (AvgIpc) is 2.95. The Hall–Kier alpha value is -2.76. The second-order valence-corrected chi connectivity index (χ2v) is 6.81. The largest absolute Gasteiger partial charge is 0.497 e. The Morgan fingerprint density at radius 2 is 1.88 bits per heavy atom. The van der Waals surface area contributed by atoms with E-state index in [2.05, 4.69) is 4.57 Å². The summed E-state index contributed by atoms with van der Waals surface area (Å²) in [6.07, 6.45) is 1.56. The molecule has 2 amide bonds. The molecule has 1 aromatic heterocycles. The summed E-state index contributed by atoms with van der Waals surface area (Å²) in [6, 6.07) is 9.65. The lowest BCUT2D eigenvalue weighted by Crippen LogP contribution is -2.44. The third-order valence-electron chi connectivity index (χ3n) is 5.10. The van der Waals surface area contributed by atoms with Crippen LogP contribution in [0, 0.1) is 19.8 Å². The van der Waals surface area contributed by atoms with Gasteiger partial charge in [0.05, 0.1) is 18.6 Å². The summed E-state index contributed by atoms with van der Waals surface area (Å²) in [5, 5.41) is 0. The maximum Gasteiger partial charge on any atom is 0.255 e. The van der Waals surface area contributed by atoms with E-state index in [0.29, 0.717) is 18.7 Å². The number of hydrogen-bond acceptors (Lipinski definition) is 3. The molecule has 0 bridgehead atoms. The Morgan fingerprint density at radius 3 is 2.50 bits per heavy atom. The lowest BCUT2D eigenvalue weighted by molar-refractivity contribution is -0.123. The first-order chi connectivity index (χ1) is 12.4. The van der Waals surface area contributed by atoms with Gasteiger partial charge in [-0.05, 0) is 57.0 Å². The lowest BCUT2D eigenvalue weighted by atomic mass is 9.97. The number of carbonyl (C=O) groups excluding carboxylic acids is 2. The summed E-state index contributed by atoms with van der Waals surface area (Å²) >= 11 is 0. The van der Waals surface area contributed by atoms with Crippen molar-refractivity contribution in [3.8, 4) is 11.4 Å². The van der Waals surface area contributed by atoms with Gasteiger partial charge in [0.15, 0.2) is 0 Å². The first kappa shape index (κ1) is 18.0. The van der Waals surface area contributed by atoms with Gasteiger partial charge in [0.1, 0.15) is 5.75 Å². The van der Waals surface area contributed by atoms with Crippen molar-refractivity contribution in [2.45, 2.75) is 26.7 Å². The number of rotatable bonds is 4. The van der Waals surface area contributed by atoms with E-state index in [-0.39, 0.29) is 17.7 Å². The molecule has 1 fully saturated rings. The Balaban J connectivity index is 1.89. The molecule has 2 aromatic rings. The van der Waals surface area contributed by atoms with Crippen molar-refractivity contribution in [2.75, 3.05) is 20.2 Å². The number of likely N-dealkylation sites (tertiary alicyclic amines) is 1. The van der Waals surface area contributed by atoms with Crippen LogP contribution in [-0.2, 0) is 4.79 Å². The minimum absolute atomic E-state index is 0.0381. The van der Waals surface area contributed by atoms with Gasteiger partial charge >= 0.3 is 0 Å². The minimum Gasteiger partial charge on any atom is -0.497 e. The highest BCUT2D eigenvalue weighted by atomic mass is 16.5. The van der Waals surface area contributed by atoms with Crippen LogP contribution in [0.5, 0.6) is 5.75 Å². The average molecular weight is 355 g/mol. The fourth-order valence-corrected chi connectivity index (χ4v) is 3.67. The van der Waals surface area contributed by atoms with Gasteiger partial charge in [0, 0.05) is 30.2 Å². The Morgan fingerprint density at radius 1 is 1.19 bits per heavy atom. The molecule has 6 heteroatoms. The summed E-state index contributed by atoms with van der Waals surface area (Å²) in [5.41, 5.74) is 8.96. The van der Waals surface area contributed by atoms with E-state index in [0.717, 1.165) is 35.7 Å². The predicted molar refractivity (Wildman–Crippen MR) is 99.6 cm³/mol. The predicted octanol–water partition coefficient (Wildman–Crippen LogP) is 2.44. The lowest BCUT2D eigenvalue weighted by Gasteiger charge is -2.31. The number of carbonyl (C=O) groups is 2. The number of nitrogens with zero attached hydrogens (tertiary/aromatic N) is 2. The van der Waals surface area contributed by atoms with Gasteiger partial charge in [-0.3, -0.25) is 9.59 Å². The number of nitrogens with two attached hydrogens (primary N) is 1. The number of aromatic nitrogens is 1. The molecule has 1 atom stereocenters. The van der Waals surface area contributed by atoms with E-state index in [1.165, 1.54) is 0 Å². The van der Waals surface area contributed by atoms with Crippen molar-refractivity contribution in [3.63, 3.8) is 0 Å². The van der Waals surface area contributed by atoms with Crippen LogP contribution in [0.15, 0.2) is 30.3 Å². The number of primary amides is 1. The maximum atomic E-state index is 13.0. The third-order valence-corrected chi connectivity index (χ3v) is 5.10. The first-order valence-electron chi connectivity index (χ1n) is 8.84. The van der Waals surface area contributed by atoms with Crippen LogP contribution in [0.3, 0.4) is 0 Å². The number of methoxy groups -OCH3 is 1. The molecule has 3 rings (SSSR count). The summed E-state index contributed by atoms with van der Waals surface area (Å²) < 4.78 is 7.27. The molecule has 1 aliphatic heterocycles. The molecule has 138 valence electrons. The molecular formula is C20H25N3O3. The molecule has 0 radical (unpaired) electrons. The number of amides is 2. The van der Waals surface area contributed by atoms with E-state index < -0.39 is 0 Å². The van der Waals surface area contributed by atoms with Crippen LogP contribution in [0.4, 0.5) is 0 Å². The molecule has 2 N–H and O–H groups in total. The zero-order valence-corrected chi connectivity index (χ0v) is 15.5. The van der Waals surface area contributed by atoms with Gasteiger partial charge < -0.3 is 19.9 Å². The number of ether oxygens (including phenoxy) is 1. The van der Waals surface area contributed by atoms with Crippen molar-refractivity contribution in [1.82, 2.24) is 9.47 Å². The zero-order chi connectivity index (χ0) is 18.8. The molecule has 26 heavy (non-hydrogen) atoms. The van der Waals surface area contributed by atoms with Crippen molar-refractivity contribution in [3.05, 3.63) is 47.3 Å². The monoisotopic (exact) mass is 355 g/mol. The molecule has 1 aromatic carbocycles. The minimum atomic E-state index is -0.328. The highest BCUT2D eigenvalue weighted by molar-refractivity contribution is 5.96. The molecule has 1 saturated heterocycles. The van der Waals surface area contributed by atoms with Gasteiger partial charge in [0.25, 0.3) is 5.91 Å². The van der Waals surface area contributed by atoms with Crippen LogP contribution in [0.25, 0.3) is 5.69 Å². The molecule has 2 heterocycles. The highest BCUT2D eigenvalue weighted by Crippen LogP contribution is 2.25. The SMILES string of the molecule is COc1ccc(-n2c(C)cc(C(=O)N3CCCC(C(N)=O)C3)c2C)cc1. The molecule has 1 unspecified atom stereocenters. The first-order valence-corrected chi connectivity index (χ1v) is 8.84. The van der Waals surface area contributed by atoms with Crippen LogP contribution in [0.2, 0.25) is 0 Å². The van der Waals surface area contributed by atoms with Gasteiger partial charge in [-0.2, -0.15) is 0 Å². The van der Waals surface area contributed by atoms with Crippen LogP contribution in [-0.4, -0.2) is 41.5 Å².